The number of carbonyl (C=O) groups excluding carboxylic acids is 2. The van der Waals surface area contributed by atoms with Gasteiger partial charge in [-0.3, -0.25) is 0 Å². The Morgan fingerprint density at radius 3 is 2.05 bits per heavy atom. The van der Waals surface area contributed by atoms with Crippen LogP contribution in [0.1, 0.15) is 109 Å². The lowest BCUT2D eigenvalue weighted by Crippen LogP contribution is -2.47. The van der Waals surface area contributed by atoms with Crippen LogP contribution in [0.4, 0.5) is 4.79 Å². The first kappa shape index (κ1) is 32.8. The van der Waals surface area contributed by atoms with Crippen molar-refractivity contribution < 1.29 is 19.1 Å². The molecule has 0 aromatic heterocycles. The van der Waals surface area contributed by atoms with Gasteiger partial charge in [-0.2, -0.15) is 0 Å². The minimum atomic E-state index is -0.572. The molecule has 2 aromatic carbocycles. The van der Waals surface area contributed by atoms with Gasteiger partial charge in [0.05, 0.1) is 5.56 Å². The number of rotatable bonds is 9. The summed E-state index contributed by atoms with van der Waals surface area (Å²) in [6.45, 7) is 16.3. The lowest BCUT2D eigenvalue weighted by molar-refractivity contribution is 0.00616. The highest BCUT2D eigenvalue weighted by atomic mass is 16.6. The second kappa shape index (κ2) is 13.7. The van der Waals surface area contributed by atoms with Crippen LogP contribution >= 0.6 is 0 Å². The Hall–Kier alpha value is -3.12. The predicted molar refractivity (Wildman–Crippen MR) is 174 cm³/mol. The molecule has 1 amide bonds. The highest BCUT2D eigenvalue weighted by Crippen LogP contribution is 2.42. The first-order valence-corrected chi connectivity index (χ1v) is 16.0. The van der Waals surface area contributed by atoms with Crippen molar-refractivity contribution in [3.63, 3.8) is 0 Å². The molecule has 2 atom stereocenters. The predicted octanol–water partition coefficient (Wildman–Crippen LogP) is 8.41. The molecule has 2 fully saturated rings. The van der Waals surface area contributed by atoms with Gasteiger partial charge in [0.25, 0.3) is 0 Å². The third-order valence-corrected chi connectivity index (χ3v) is 8.17. The van der Waals surface area contributed by atoms with Crippen LogP contribution in [0.2, 0.25) is 0 Å². The number of hydrogen-bond acceptors (Lipinski definition) is 5. The van der Waals surface area contributed by atoms with E-state index in [1.165, 1.54) is 17.6 Å². The summed E-state index contributed by atoms with van der Waals surface area (Å²) in [5.74, 6) is 0.774. The lowest BCUT2D eigenvalue weighted by Gasteiger charge is -2.38. The number of carbonyl (C=O) groups is 2. The standard InChI is InChI=1S/C37H52N2O4/c1-25(2)31(22-26-12-10-9-11-13-26)32-23-33(32)38-29-18-20-30(21-19-29)39(35(41)43-37(6,7)8)24-27-14-16-28(17-15-27)34(40)42-36(3,4)5/h9-17,22,25,29-30,32-33,38H,18-21,23-24H2,1-8H3/b31-22+. The molecular formula is C37H52N2O4. The molecule has 0 spiro atoms. The van der Waals surface area contributed by atoms with E-state index >= 15 is 0 Å². The summed E-state index contributed by atoms with van der Waals surface area (Å²) < 4.78 is 11.3. The number of nitrogens with zero attached hydrogens (tertiary/aromatic N) is 1. The molecule has 234 valence electrons. The highest BCUT2D eigenvalue weighted by molar-refractivity contribution is 5.89. The van der Waals surface area contributed by atoms with Crippen LogP contribution in [0.15, 0.2) is 60.2 Å². The first-order chi connectivity index (χ1) is 20.2. The van der Waals surface area contributed by atoms with Gasteiger partial charge >= 0.3 is 12.1 Å². The van der Waals surface area contributed by atoms with E-state index in [0.29, 0.717) is 36.0 Å². The average Bonchev–Trinajstić information content (AvgIpc) is 3.68. The average molecular weight is 589 g/mol. The summed E-state index contributed by atoms with van der Waals surface area (Å²) in [7, 11) is 0. The first-order valence-electron chi connectivity index (χ1n) is 16.0. The molecule has 1 N–H and O–H groups in total. The molecule has 2 saturated carbocycles. The molecule has 2 unspecified atom stereocenters. The number of nitrogens with one attached hydrogen (secondary N) is 1. The van der Waals surface area contributed by atoms with Gasteiger partial charge < -0.3 is 19.7 Å². The largest absolute Gasteiger partial charge is 0.456 e. The summed E-state index contributed by atoms with van der Waals surface area (Å²) in [4.78, 5) is 27.8. The Bertz CT molecular complexity index is 1250. The Morgan fingerprint density at radius 1 is 0.884 bits per heavy atom. The number of ether oxygens (including phenoxy) is 2. The maximum atomic E-state index is 13.4. The molecule has 6 nitrogen and oxygen atoms in total. The van der Waals surface area contributed by atoms with Crippen LogP contribution in [0.5, 0.6) is 0 Å². The molecule has 2 aromatic rings. The maximum absolute atomic E-state index is 13.4. The second-order valence-corrected chi connectivity index (χ2v) is 14.6. The summed E-state index contributed by atoms with van der Waals surface area (Å²) in [6.07, 6.45) is 7.22. The molecule has 43 heavy (non-hydrogen) atoms. The van der Waals surface area contributed by atoms with Crippen molar-refractivity contribution in [1.82, 2.24) is 10.2 Å². The van der Waals surface area contributed by atoms with E-state index in [4.69, 9.17) is 9.47 Å². The third kappa shape index (κ3) is 9.96. The molecule has 0 radical (unpaired) electrons. The Morgan fingerprint density at radius 2 is 1.49 bits per heavy atom. The van der Waals surface area contributed by atoms with Crippen LogP contribution in [0.25, 0.3) is 6.08 Å². The molecule has 0 bridgehead atoms. The van der Waals surface area contributed by atoms with Crippen LogP contribution < -0.4 is 5.32 Å². The van der Waals surface area contributed by atoms with Crippen LogP contribution in [0.3, 0.4) is 0 Å². The van der Waals surface area contributed by atoms with Crippen molar-refractivity contribution in [3.8, 4) is 0 Å². The number of benzene rings is 2. The monoisotopic (exact) mass is 588 g/mol. The minimum absolute atomic E-state index is 0.109. The van der Waals surface area contributed by atoms with Gasteiger partial charge in [0.2, 0.25) is 0 Å². The van der Waals surface area contributed by atoms with E-state index in [2.05, 4.69) is 55.6 Å². The summed E-state index contributed by atoms with van der Waals surface area (Å²) in [5, 5.41) is 3.95. The quantitative estimate of drug-likeness (QED) is 0.298. The van der Waals surface area contributed by atoms with Crippen molar-refractivity contribution in [3.05, 3.63) is 76.9 Å². The van der Waals surface area contributed by atoms with Crippen LogP contribution in [0, 0.1) is 11.8 Å². The molecule has 0 saturated heterocycles. The van der Waals surface area contributed by atoms with Gasteiger partial charge in [0.1, 0.15) is 11.2 Å². The van der Waals surface area contributed by atoms with Gasteiger partial charge in [-0.15, -0.1) is 0 Å². The topological polar surface area (TPSA) is 67.9 Å². The lowest BCUT2D eigenvalue weighted by atomic mass is 9.89. The second-order valence-electron chi connectivity index (χ2n) is 14.6. The third-order valence-electron chi connectivity index (χ3n) is 8.17. The van der Waals surface area contributed by atoms with Crippen molar-refractivity contribution in [2.45, 2.75) is 123 Å². The van der Waals surface area contributed by atoms with E-state index in [9.17, 15) is 9.59 Å². The zero-order valence-electron chi connectivity index (χ0n) is 27.5. The molecule has 6 heteroatoms. The minimum Gasteiger partial charge on any atom is -0.456 e. The fourth-order valence-corrected chi connectivity index (χ4v) is 5.99. The number of esters is 1. The smallest absolute Gasteiger partial charge is 0.410 e. The SMILES string of the molecule is CC(C)/C(=C\c1ccccc1)C1CC1NC1CCC(N(Cc2ccc(C(=O)OC(C)(C)C)cc2)C(=O)OC(C)(C)C)CC1. The van der Waals surface area contributed by atoms with Crippen LogP contribution in [-0.2, 0) is 16.0 Å². The maximum Gasteiger partial charge on any atom is 0.410 e. The van der Waals surface area contributed by atoms with E-state index in [-0.39, 0.29) is 18.1 Å². The van der Waals surface area contributed by atoms with Crippen molar-refractivity contribution in [2.75, 3.05) is 0 Å². The van der Waals surface area contributed by atoms with Gasteiger partial charge in [0, 0.05) is 24.7 Å². The normalized spacial score (nSPS) is 22.7. The van der Waals surface area contributed by atoms with Gasteiger partial charge in [-0.25, -0.2) is 9.59 Å². The summed E-state index contributed by atoms with van der Waals surface area (Å²) in [6, 6.07) is 19.1. The van der Waals surface area contributed by atoms with E-state index in [1.54, 1.807) is 12.1 Å². The molecule has 2 aliphatic rings. The summed E-state index contributed by atoms with van der Waals surface area (Å²) in [5.41, 5.74) is 3.16. The fraction of sp³-hybridized carbons (Fsp3) is 0.568. The Labute approximate surface area is 259 Å². The number of amides is 1. The van der Waals surface area contributed by atoms with E-state index in [0.717, 1.165) is 31.2 Å². The summed E-state index contributed by atoms with van der Waals surface area (Å²) >= 11 is 0. The van der Waals surface area contributed by atoms with Crippen LogP contribution in [-0.4, -0.2) is 46.3 Å². The molecule has 4 rings (SSSR count). The fourth-order valence-electron chi connectivity index (χ4n) is 5.99. The molecule has 0 aliphatic heterocycles. The van der Waals surface area contributed by atoms with E-state index in [1.807, 2.05) is 58.6 Å². The van der Waals surface area contributed by atoms with E-state index < -0.39 is 11.2 Å². The molecule has 2 aliphatic carbocycles. The van der Waals surface area contributed by atoms with Crippen molar-refractivity contribution >= 4 is 18.1 Å². The van der Waals surface area contributed by atoms with Gasteiger partial charge in [0.15, 0.2) is 0 Å². The van der Waals surface area contributed by atoms with Crippen molar-refractivity contribution in [1.29, 1.82) is 0 Å². The zero-order chi connectivity index (χ0) is 31.4. The number of hydrogen-bond donors (Lipinski definition) is 1. The van der Waals surface area contributed by atoms with Gasteiger partial charge in [-0.1, -0.05) is 68.0 Å². The highest BCUT2D eigenvalue weighted by Gasteiger charge is 2.42. The van der Waals surface area contributed by atoms with Gasteiger partial charge in [-0.05, 0) is 109 Å². The molecular weight excluding hydrogens is 536 g/mol. The molecule has 0 heterocycles. The van der Waals surface area contributed by atoms with Crippen molar-refractivity contribution in [2.24, 2.45) is 11.8 Å². The Kier molecular flexibility index (Phi) is 10.4. The zero-order valence-corrected chi connectivity index (χ0v) is 27.5. The Balaban J connectivity index is 1.36.